The average molecular weight is 360 g/mol. The Kier molecular flexibility index (Phi) is 4.97. The van der Waals surface area contributed by atoms with Crippen LogP contribution in [0.4, 0.5) is 20.4 Å². The predicted octanol–water partition coefficient (Wildman–Crippen LogP) is 4.24. The second kappa shape index (κ2) is 7.53. The van der Waals surface area contributed by atoms with E-state index >= 15 is 0 Å². The molecule has 1 aliphatic carbocycles. The predicted molar refractivity (Wildman–Crippen MR) is 94.6 cm³/mol. The molecule has 0 bridgehead atoms. The largest absolute Gasteiger partial charge is 0.370 e. The van der Waals surface area contributed by atoms with Gasteiger partial charge in [-0.3, -0.25) is 4.84 Å². The van der Waals surface area contributed by atoms with E-state index in [1.807, 2.05) is 0 Å². The molecule has 0 unspecified atom stereocenters. The minimum absolute atomic E-state index is 0.279. The number of hydroxylamine groups is 1. The van der Waals surface area contributed by atoms with Crippen molar-refractivity contribution < 1.29 is 13.6 Å². The molecule has 1 aliphatic heterocycles. The Bertz CT molecular complexity index is 767. The molecule has 0 radical (unpaired) electrons. The molecule has 26 heavy (non-hydrogen) atoms. The molecule has 1 N–H and O–H groups in total. The molecule has 2 aliphatic rings. The minimum Gasteiger partial charge on any atom is -0.370 e. The maximum absolute atomic E-state index is 14.2. The third-order valence-electron chi connectivity index (χ3n) is 5.17. The zero-order valence-electron chi connectivity index (χ0n) is 14.5. The molecular weight excluding hydrogens is 338 g/mol. The van der Waals surface area contributed by atoms with E-state index in [0.29, 0.717) is 24.8 Å². The Morgan fingerprint density at radius 3 is 2.85 bits per heavy atom. The zero-order valence-corrected chi connectivity index (χ0v) is 14.5. The fourth-order valence-corrected chi connectivity index (χ4v) is 3.78. The molecule has 7 heteroatoms. The lowest BCUT2D eigenvalue weighted by molar-refractivity contribution is 0.156. The van der Waals surface area contributed by atoms with Crippen LogP contribution in [-0.4, -0.2) is 23.1 Å². The van der Waals surface area contributed by atoms with E-state index in [9.17, 15) is 8.78 Å². The summed E-state index contributed by atoms with van der Waals surface area (Å²) in [7, 11) is 0. The van der Waals surface area contributed by atoms with Crippen LogP contribution in [0, 0.1) is 17.6 Å². The summed E-state index contributed by atoms with van der Waals surface area (Å²) in [6.07, 6.45) is 7.12. The van der Waals surface area contributed by atoms with Crippen molar-refractivity contribution in [1.82, 2.24) is 9.97 Å². The van der Waals surface area contributed by atoms with Gasteiger partial charge in [-0.25, -0.2) is 23.8 Å². The van der Waals surface area contributed by atoms with Gasteiger partial charge in [0.05, 0.1) is 12.6 Å². The Labute approximate surface area is 151 Å². The molecule has 0 spiro atoms. The van der Waals surface area contributed by atoms with E-state index in [2.05, 4.69) is 15.3 Å². The van der Waals surface area contributed by atoms with Crippen LogP contribution in [0.5, 0.6) is 0 Å². The summed E-state index contributed by atoms with van der Waals surface area (Å²) in [5.41, 5.74) is 0.279. The molecule has 4 rings (SSSR count). The van der Waals surface area contributed by atoms with Crippen LogP contribution in [0.15, 0.2) is 30.6 Å². The second-order valence-electron chi connectivity index (χ2n) is 6.90. The highest BCUT2D eigenvalue weighted by molar-refractivity contribution is 5.49. The summed E-state index contributed by atoms with van der Waals surface area (Å²) in [6.45, 7) is 1.31. The Balaban J connectivity index is 1.52. The quantitative estimate of drug-likeness (QED) is 0.864. The molecule has 1 saturated heterocycles. The molecule has 138 valence electrons. The van der Waals surface area contributed by atoms with E-state index in [4.69, 9.17) is 4.84 Å². The van der Waals surface area contributed by atoms with Crippen LogP contribution >= 0.6 is 0 Å². The number of anilines is 2. The lowest BCUT2D eigenvalue weighted by atomic mass is 10.0. The third-order valence-corrected chi connectivity index (χ3v) is 5.17. The number of aromatic nitrogens is 2. The van der Waals surface area contributed by atoms with Crippen molar-refractivity contribution in [2.45, 2.75) is 38.1 Å². The van der Waals surface area contributed by atoms with Crippen molar-refractivity contribution in [2.24, 2.45) is 5.92 Å². The Morgan fingerprint density at radius 2 is 2.00 bits per heavy atom. The van der Waals surface area contributed by atoms with Gasteiger partial charge in [0.2, 0.25) is 0 Å². The zero-order chi connectivity index (χ0) is 17.9. The highest BCUT2D eigenvalue weighted by Crippen LogP contribution is 2.36. The summed E-state index contributed by atoms with van der Waals surface area (Å²) < 4.78 is 27.8. The standard InChI is InChI=1S/C19H22F2N4O/c20-15-7-3-6-14(19(15)21)16-8-9-26-25(16)18-10-17(23-12-24-18)22-11-13-4-1-2-5-13/h3,6-7,10,12-13,16H,1-2,4-5,8-9,11H2,(H,22,23,24)/t16-/m1/s1. The van der Waals surface area contributed by atoms with Gasteiger partial charge >= 0.3 is 0 Å². The number of rotatable bonds is 5. The van der Waals surface area contributed by atoms with Gasteiger partial charge in [-0.15, -0.1) is 0 Å². The first-order chi connectivity index (χ1) is 12.7. The minimum atomic E-state index is -0.851. The average Bonchev–Trinajstić information content (AvgIpc) is 3.34. The fourth-order valence-electron chi connectivity index (χ4n) is 3.78. The summed E-state index contributed by atoms with van der Waals surface area (Å²) in [5.74, 6) is 0.263. The maximum atomic E-state index is 14.2. The number of hydrogen-bond donors (Lipinski definition) is 1. The van der Waals surface area contributed by atoms with Gasteiger partial charge in [0.25, 0.3) is 0 Å². The van der Waals surface area contributed by atoms with Gasteiger partial charge in [-0.05, 0) is 24.8 Å². The molecule has 2 fully saturated rings. The summed E-state index contributed by atoms with van der Waals surface area (Å²) in [4.78, 5) is 14.2. The number of nitrogens with zero attached hydrogens (tertiary/aromatic N) is 3. The summed E-state index contributed by atoms with van der Waals surface area (Å²) in [6, 6.07) is 5.60. The SMILES string of the molecule is Fc1cccc([C@H]2CCON2c2cc(NCC3CCCC3)ncn2)c1F. The van der Waals surface area contributed by atoms with Gasteiger partial charge in [0, 0.05) is 24.6 Å². The number of nitrogens with one attached hydrogen (secondary N) is 1. The van der Waals surface area contributed by atoms with E-state index in [0.717, 1.165) is 18.4 Å². The van der Waals surface area contributed by atoms with Crippen molar-refractivity contribution in [1.29, 1.82) is 0 Å². The van der Waals surface area contributed by atoms with E-state index in [-0.39, 0.29) is 5.56 Å². The van der Waals surface area contributed by atoms with Crippen molar-refractivity contribution in [3.8, 4) is 0 Å². The van der Waals surface area contributed by atoms with Gasteiger partial charge < -0.3 is 5.32 Å². The first-order valence-corrected chi connectivity index (χ1v) is 9.14. The first-order valence-electron chi connectivity index (χ1n) is 9.14. The molecule has 1 saturated carbocycles. The van der Waals surface area contributed by atoms with Crippen molar-refractivity contribution in [2.75, 3.05) is 23.5 Å². The molecule has 1 atom stereocenters. The highest BCUT2D eigenvalue weighted by atomic mass is 19.2. The molecule has 2 aromatic rings. The summed E-state index contributed by atoms with van der Waals surface area (Å²) >= 11 is 0. The third kappa shape index (κ3) is 3.49. The van der Waals surface area contributed by atoms with Crippen molar-refractivity contribution in [3.05, 3.63) is 47.8 Å². The number of benzene rings is 1. The fraction of sp³-hybridized carbons (Fsp3) is 0.474. The van der Waals surface area contributed by atoms with Gasteiger partial charge in [-0.2, -0.15) is 0 Å². The van der Waals surface area contributed by atoms with E-state index in [1.165, 1.54) is 38.1 Å². The van der Waals surface area contributed by atoms with E-state index < -0.39 is 17.7 Å². The smallest absolute Gasteiger partial charge is 0.164 e. The summed E-state index contributed by atoms with van der Waals surface area (Å²) in [5, 5.41) is 4.91. The topological polar surface area (TPSA) is 50.3 Å². The van der Waals surface area contributed by atoms with Gasteiger partial charge in [-0.1, -0.05) is 25.0 Å². The van der Waals surface area contributed by atoms with Crippen LogP contribution in [0.3, 0.4) is 0 Å². The molecule has 1 aromatic carbocycles. The van der Waals surface area contributed by atoms with Crippen molar-refractivity contribution >= 4 is 11.6 Å². The second-order valence-corrected chi connectivity index (χ2v) is 6.90. The molecule has 5 nitrogen and oxygen atoms in total. The van der Waals surface area contributed by atoms with E-state index in [1.54, 1.807) is 17.2 Å². The number of halogens is 2. The molecule has 0 amide bonds. The first kappa shape index (κ1) is 17.1. The van der Waals surface area contributed by atoms with Crippen LogP contribution in [0.25, 0.3) is 0 Å². The monoisotopic (exact) mass is 360 g/mol. The number of hydrogen-bond acceptors (Lipinski definition) is 5. The Hall–Kier alpha value is -2.28. The van der Waals surface area contributed by atoms with Gasteiger partial charge in [0.15, 0.2) is 17.5 Å². The van der Waals surface area contributed by atoms with Crippen LogP contribution in [-0.2, 0) is 4.84 Å². The van der Waals surface area contributed by atoms with Gasteiger partial charge in [0.1, 0.15) is 12.1 Å². The van der Waals surface area contributed by atoms with Crippen LogP contribution in [0.1, 0.15) is 43.7 Å². The van der Waals surface area contributed by atoms with Crippen LogP contribution in [0.2, 0.25) is 0 Å². The highest BCUT2D eigenvalue weighted by Gasteiger charge is 2.32. The molecule has 2 heterocycles. The Morgan fingerprint density at radius 1 is 1.15 bits per heavy atom. The lowest BCUT2D eigenvalue weighted by Crippen LogP contribution is -2.23. The lowest BCUT2D eigenvalue weighted by Gasteiger charge is -2.24. The molecular formula is C19H22F2N4O. The van der Waals surface area contributed by atoms with Crippen molar-refractivity contribution in [3.63, 3.8) is 0 Å². The maximum Gasteiger partial charge on any atom is 0.164 e. The van der Waals surface area contributed by atoms with Crippen LogP contribution < -0.4 is 10.4 Å². The molecule has 1 aromatic heterocycles. The normalized spacial score (nSPS) is 20.7.